The summed E-state index contributed by atoms with van der Waals surface area (Å²) in [7, 11) is 0. The largest absolute Gasteiger partial charge is 0.509 e. The summed E-state index contributed by atoms with van der Waals surface area (Å²) in [5.74, 6) is -3.14. The highest BCUT2D eigenvalue weighted by molar-refractivity contribution is 5.43. The van der Waals surface area contributed by atoms with Gasteiger partial charge in [-0.1, -0.05) is 0 Å². The van der Waals surface area contributed by atoms with Crippen molar-refractivity contribution >= 4 is 17.6 Å². The fourth-order valence-electron chi connectivity index (χ4n) is 0.688. The standard InChI is InChI=1S/C3H2N5O6.H3N/c9-6(10)1-2(7(11)12)5-3(4-1)8(13)14;/h(H,4,5)(H,13,14);1H3/q+1;. The Morgan fingerprint density at radius 3 is 2.00 bits per heavy atom. The van der Waals surface area contributed by atoms with Crippen LogP contribution in [0.15, 0.2) is 0 Å². The third kappa shape index (κ3) is 2.19. The summed E-state index contributed by atoms with van der Waals surface area (Å²) in [6, 6.07) is 0. The number of H-pyrrole nitrogens is 1. The predicted molar refractivity (Wildman–Crippen MR) is 42.0 cm³/mol. The minimum absolute atomic E-state index is 0. The van der Waals surface area contributed by atoms with Gasteiger partial charge in [0.1, 0.15) is 0 Å². The molecule has 12 heteroatoms. The van der Waals surface area contributed by atoms with Crippen LogP contribution in [0.3, 0.4) is 0 Å². The predicted octanol–water partition coefficient (Wildman–Crippen LogP) is 0.188. The maximum absolute atomic E-state index is 10.2. The van der Waals surface area contributed by atoms with E-state index in [-0.39, 0.29) is 6.15 Å². The van der Waals surface area contributed by atoms with Gasteiger partial charge in [-0.3, -0.25) is 0 Å². The van der Waals surface area contributed by atoms with Crippen LogP contribution in [0.2, 0.25) is 0 Å². The van der Waals surface area contributed by atoms with Crippen LogP contribution < -0.4 is 6.15 Å². The molecule has 0 saturated heterocycles. The second-order valence-electron chi connectivity index (χ2n) is 2.02. The average molecular weight is 221 g/mol. The third-order valence-corrected chi connectivity index (χ3v) is 1.19. The molecule has 0 aliphatic heterocycles. The number of nitrogens with zero attached hydrogens (tertiary/aromatic N) is 4. The van der Waals surface area contributed by atoms with Crippen LogP contribution in [0.1, 0.15) is 0 Å². The Labute approximate surface area is 80.0 Å². The van der Waals surface area contributed by atoms with Crippen molar-refractivity contribution in [3.63, 3.8) is 0 Å². The molecule has 0 bridgehead atoms. The van der Waals surface area contributed by atoms with Gasteiger partial charge in [-0.15, -0.1) is 0 Å². The van der Waals surface area contributed by atoms with Crippen molar-refractivity contribution in [2.24, 2.45) is 0 Å². The molecule has 5 N–H and O–H groups in total. The first-order valence-corrected chi connectivity index (χ1v) is 2.98. The Kier molecular flexibility index (Phi) is 3.34. The number of hydrogen-bond acceptors (Lipinski definition) is 7. The minimum atomic E-state index is -1.15. The van der Waals surface area contributed by atoms with Crippen LogP contribution >= 0.6 is 0 Å². The molecule has 0 amide bonds. The molecule has 0 saturated carbocycles. The lowest BCUT2D eigenvalue weighted by atomic mass is 10.7. The van der Waals surface area contributed by atoms with E-state index in [1.807, 2.05) is 0 Å². The van der Waals surface area contributed by atoms with Gasteiger partial charge in [0.15, 0.2) is 4.92 Å². The normalized spacial score (nSPS) is 9.07. The van der Waals surface area contributed by atoms with Gasteiger partial charge in [0, 0.05) is 0 Å². The van der Waals surface area contributed by atoms with Crippen LogP contribution in [0.4, 0.5) is 17.6 Å². The molecule has 0 radical (unpaired) electrons. The number of rotatable bonds is 3. The Balaban J connectivity index is 0.00000196. The van der Waals surface area contributed by atoms with Gasteiger partial charge < -0.3 is 31.6 Å². The first-order chi connectivity index (χ1) is 6.43. The van der Waals surface area contributed by atoms with E-state index in [4.69, 9.17) is 5.21 Å². The summed E-state index contributed by atoms with van der Waals surface area (Å²) in [5, 5.41) is 28.6. The highest BCUT2D eigenvalue weighted by Crippen LogP contribution is 2.25. The van der Waals surface area contributed by atoms with Gasteiger partial charge in [-0.25, -0.2) is 0 Å². The second kappa shape index (κ2) is 4.05. The Morgan fingerprint density at radius 2 is 1.73 bits per heavy atom. The van der Waals surface area contributed by atoms with Crippen LogP contribution in [0.25, 0.3) is 0 Å². The quantitative estimate of drug-likeness (QED) is 0.475. The number of nitrogens with one attached hydrogen (secondary N) is 1. The molecule has 0 aromatic carbocycles. The van der Waals surface area contributed by atoms with E-state index in [0.29, 0.717) is 0 Å². The lowest BCUT2D eigenvalue weighted by Crippen LogP contribution is -1.94. The molecule has 1 rings (SSSR count). The summed E-state index contributed by atoms with van der Waals surface area (Å²) < 4.78 is 0. The van der Waals surface area contributed by atoms with Crippen molar-refractivity contribution < 1.29 is 20.0 Å². The third-order valence-electron chi connectivity index (χ3n) is 1.19. The van der Waals surface area contributed by atoms with Crippen molar-refractivity contribution in [3.8, 4) is 0 Å². The SMILES string of the molecule is N.O=[N+]([O-])c1nc([N+](=O)O)[nH]c1[N+](=O)[O-]. The van der Waals surface area contributed by atoms with E-state index in [0.717, 1.165) is 0 Å². The van der Waals surface area contributed by atoms with Gasteiger partial charge in [0.25, 0.3) is 0 Å². The monoisotopic (exact) mass is 221 g/mol. The van der Waals surface area contributed by atoms with E-state index in [1.165, 1.54) is 0 Å². The molecule has 0 aliphatic rings. The molecule has 1 heterocycles. The van der Waals surface area contributed by atoms with E-state index in [1.54, 1.807) is 4.98 Å². The van der Waals surface area contributed by atoms with Gasteiger partial charge in [0.2, 0.25) is 0 Å². The first-order valence-electron chi connectivity index (χ1n) is 2.98. The lowest BCUT2D eigenvalue weighted by Gasteiger charge is -1.89. The average Bonchev–Trinajstić information content (AvgIpc) is 2.47. The summed E-state index contributed by atoms with van der Waals surface area (Å²) >= 11 is 0. The molecule has 0 fully saturated rings. The zero-order valence-electron chi connectivity index (χ0n) is 6.98. The highest BCUT2D eigenvalue weighted by Gasteiger charge is 2.33. The topological polar surface area (TPSA) is 190 Å². The van der Waals surface area contributed by atoms with E-state index < -0.39 is 32.4 Å². The van der Waals surface area contributed by atoms with Gasteiger partial charge in [0.05, 0.1) is 0 Å². The summed E-state index contributed by atoms with van der Waals surface area (Å²) in [6.45, 7) is 0. The highest BCUT2D eigenvalue weighted by atomic mass is 16.6. The summed E-state index contributed by atoms with van der Waals surface area (Å²) in [4.78, 5) is 32.0. The Morgan fingerprint density at radius 1 is 1.20 bits per heavy atom. The molecule has 0 aliphatic carbocycles. The lowest BCUT2D eigenvalue weighted by molar-refractivity contribution is -0.734. The smallest absolute Gasteiger partial charge is 0.358 e. The van der Waals surface area contributed by atoms with Crippen LogP contribution in [0.5, 0.6) is 0 Å². The molecular formula is C3H5N6O6+. The van der Waals surface area contributed by atoms with Crippen molar-refractivity contribution in [2.45, 2.75) is 0 Å². The molecule has 82 valence electrons. The Bertz CT molecular complexity index is 391. The van der Waals surface area contributed by atoms with Crippen molar-refractivity contribution in [1.29, 1.82) is 0 Å². The number of nitro groups is 2. The number of aromatic amines is 1. The Hall–Kier alpha value is -2.63. The van der Waals surface area contributed by atoms with Crippen LogP contribution in [-0.4, -0.2) is 29.9 Å². The minimum Gasteiger partial charge on any atom is -0.358 e. The zero-order chi connectivity index (χ0) is 10.9. The summed E-state index contributed by atoms with van der Waals surface area (Å²) in [6.07, 6.45) is 0. The van der Waals surface area contributed by atoms with Crippen molar-refractivity contribution in [3.05, 3.63) is 25.1 Å². The van der Waals surface area contributed by atoms with Gasteiger partial charge >= 0.3 is 17.6 Å². The van der Waals surface area contributed by atoms with Crippen LogP contribution in [-0.2, 0) is 0 Å². The molecule has 0 spiro atoms. The fraction of sp³-hybridized carbons (Fsp3) is 0. The van der Waals surface area contributed by atoms with Crippen LogP contribution in [0, 0.1) is 25.1 Å². The fourth-order valence-corrected chi connectivity index (χ4v) is 0.688. The first kappa shape index (κ1) is 12.4. The molecular weight excluding hydrogens is 216 g/mol. The maximum atomic E-state index is 10.2. The number of imidazole rings is 1. The molecule has 0 unspecified atom stereocenters. The molecule has 12 nitrogen and oxygen atoms in total. The van der Waals surface area contributed by atoms with Gasteiger partial charge in [-0.2, -0.15) is 4.98 Å². The van der Waals surface area contributed by atoms with E-state index in [2.05, 4.69) is 4.98 Å². The molecule has 0 atom stereocenters. The maximum Gasteiger partial charge on any atom is 0.509 e. The number of hydrogen-bond donors (Lipinski definition) is 3. The van der Waals surface area contributed by atoms with Crippen molar-refractivity contribution in [1.82, 2.24) is 16.1 Å². The zero-order valence-corrected chi connectivity index (χ0v) is 6.98. The molecule has 15 heavy (non-hydrogen) atoms. The summed E-state index contributed by atoms with van der Waals surface area (Å²) in [5.41, 5.74) is 0. The molecule has 1 aromatic rings. The number of aromatic nitrogens is 2. The van der Waals surface area contributed by atoms with E-state index in [9.17, 15) is 25.1 Å². The van der Waals surface area contributed by atoms with E-state index >= 15 is 0 Å². The molecule has 1 aromatic heterocycles. The van der Waals surface area contributed by atoms with Crippen molar-refractivity contribution in [2.75, 3.05) is 0 Å². The second-order valence-corrected chi connectivity index (χ2v) is 2.02. The van der Waals surface area contributed by atoms with Gasteiger partial charge in [-0.05, 0) is 19.7 Å².